The molecule has 0 atom stereocenters. The molecule has 0 aliphatic heterocycles. The highest BCUT2D eigenvalue weighted by atomic mass is 35.5. The molecule has 0 aliphatic rings. The van der Waals surface area contributed by atoms with Gasteiger partial charge in [-0.15, -0.1) is 0 Å². The highest BCUT2D eigenvalue weighted by Crippen LogP contribution is 2.33. The van der Waals surface area contributed by atoms with E-state index in [1.165, 1.54) is 20.0 Å². The summed E-state index contributed by atoms with van der Waals surface area (Å²) in [5, 5.41) is 5.83. The number of benzene rings is 1. The van der Waals surface area contributed by atoms with Crippen molar-refractivity contribution in [3.05, 3.63) is 33.5 Å². The van der Waals surface area contributed by atoms with E-state index in [4.69, 9.17) is 11.6 Å². The Bertz CT molecular complexity index is 857. The van der Waals surface area contributed by atoms with Gasteiger partial charge in [-0.05, 0) is 19.1 Å². The van der Waals surface area contributed by atoms with Gasteiger partial charge in [-0.25, -0.2) is 9.78 Å². The van der Waals surface area contributed by atoms with Gasteiger partial charge in [0.05, 0.1) is 21.8 Å². The van der Waals surface area contributed by atoms with Crippen molar-refractivity contribution in [3.8, 4) is 11.3 Å². The molecule has 0 spiro atoms. The highest BCUT2D eigenvalue weighted by molar-refractivity contribution is 6.35. The number of aromatic amines is 1. The molecular weight excluding hydrogens is 304 g/mol. The smallest absolute Gasteiger partial charge is 0.319 e. The van der Waals surface area contributed by atoms with Gasteiger partial charge >= 0.3 is 6.03 Å². The lowest BCUT2D eigenvalue weighted by molar-refractivity contribution is 0.101. The first-order chi connectivity index (χ1) is 10.3. The van der Waals surface area contributed by atoms with Crippen molar-refractivity contribution in [1.29, 1.82) is 0 Å². The summed E-state index contributed by atoms with van der Waals surface area (Å²) < 4.78 is 0. The number of carbonyl (C=O) groups excluding carboxylic acids is 2. The Morgan fingerprint density at radius 2 is 2.00 bits per heavy atom. The van der Waals surface area contributed by atoms with Gasteiger partial charge in [0, 0.05) is 18.2 Å². The maximum absolute atomic E-state index is 11.6. The third-order valence-corrected chi connectivity index (χ3v) is 3.34. The van der Waals surface area contributed by atoms with Crippen molar-refractivity contribution in [2.45, 2.75) is 6.92 Å². The second-order valence-corrected chi connectivity index (χ2v) is 5.06. The molecule has 2 aromatic rings. The molecule has 6 nitrogen and oxygen atoms in total. The number of rotatable bonds is 3. The number of nitrogens with zero attached hydrogens (tertiary/aromatic N) is 1. The predicted molar refractivity (Wildman–Crippen MR) is 87.4 cm³/mol. The molecule has 114 valence electrons. The SMILES string of the molecule is C=c1nc(-c2cc(C(C)=O)cc(Cl)c2NC(=O)NC)c(=C)[nH]1. The lowest BCUT2D eigenvalue weighted by Crippen LogP contribution is -2.25. The molecule has 0 fully saturated rings. The van der Waals surface area contributed by atoms with Crippen molar-refractivity contribution >= 4 is 42.3 Å². The first-order valence-electron chi connectivity index (χ1n) is 6.41. The fourth-order valence-corrected chi connectivity index (χ4v) is 2.25. The van der Waals surface area contributed by atoms with Crippen LogP contribution in [0, 0.1) is 0 Å². The van der Waals surface area contributed by atoms with Gasteiger partial charge in [0.2, 0.25) is 0 Å². The number of Topliss-reactive ketones (excluding diaryl/α,β-unsaturated/α-hetero) is 1. The van der Waals surface area contributed by atoms with Crippen LogP contribution in [0.1, 0.15) is 17.3 Å². The number of carbonyl (C=O) groups is 2. The number of H-pyrrole nitrogens is 1. The maximum atomic E-state index is 11.6. The molecule has 0 bridgehead atoms. The van der Waals surface area contributed by atoms with E-state index in [0.29, 0.717) is 33.3 Å². The summed E-state index contributed by atoms with van der Waals surface area (Å²) in [6.45, 7) is 8.99. The average molecular weight is 319 g/mol. The molecule has 1 heterocycles. The molecule has 3 N–H and O–H groups in total. The van der Waals surface area contributed by atoms with Crippen molar-refractivity contribution in [2.24, 2.45) is 0 Å². The summed E-state index contributed by atoms with van der Waals surface area (Å²) in [4.78, 5) is 30.4. The van der Waals surface area contributed by atoms with Gasteiger partial charge < -0.3 is 15.6 Å². The minimum absolute atomic E-state index is 0.148. The highest BCUT2D eigenvalue weighted by Gasteiger charge is 2.17. The molecule has 0 unspecified atom stereocenters. The molecule has 22 heavy (non-hydrogen) atoms. The monoisotopic (exact) mass is 318 g/mol. The zero-order valence-electron chi connectivity index (χ0n) is 12.2. The van der Waals surface area contributed by atoms with Crippen LogP contribution >= 0.6 is 11.6 Å². The average Bonchev–Trinajstić information content (AvgIpc) is 2.79. The van der Waals surface area contributed by atoms with Crippen molar-refractivity contribution in [1.82, 2.24) is 15.3 Å². The van der Waals surface area contributed by atoms with E-state index in [0.717, 1.165) is 0 Å². The summed E-state index contributed by atoms with van der Waals surface area (Å²) in [6.07, 6.45) is 0. The molecule has 0 saturated heterocycles. The van der Waals surface area contributed by atoms with Gasteiger partial charge in [-0.3, -0.25) is 4.79 Å². The summed E-state index contributed by atoms with van der Waals surface area (Å²) in [7, 11) is 1.49. The first kappa shape index (κ1) is 15.8. The fraction of sp³-hybridized carbons (Fsp3) is 0.133. The molecule has 1 aromatic heterocycles. The number of nitrogens with one attached hydrogen (secondary N) is 3. The molecule has 0 radical (unpaired) electrons. The minimum atomic E-state index is -0.435. The molecule has 2 rings (SSSR count). The van der Waals surface area contributed by atoms with Crippen LogP contribution in [0.4, 0.5) is 10.5 Å². The number of ketones is 1. The molecule has 0 aliphatic carbocycles. The summed E-state index contributed by atoms with van der Waals surface area (Å²) in [6, 6.07) is 2.68. The van der Waals surface area contributed by atoms with E-state index in [2.05, 4.69) is 33.8 Å². The summed E-state index contributed by atoms with van der Waals surface area (Å²) in [5.41, 5.74) is 2.16. The number of hydrogen-bond acceptors (Lipinski definition) is 3. The van der Waals surface area contributed by atoms with Crippen molar-refractivity contribution in [2.75, 3.05) is 12.4 Å². The van der Waals surface area contributed by atoms with E-state index in [1.54, 1.807) is 6.07 Å². The van der Waals surface area contributed by atoms with Crippen LogP contribution in [0.2, 0.25) is 5.02 Å². The molecule has 0 saturated carbocycles. The van der Waals surface area contributed by atoms with Crippen LogP contribution in [-0.4, -0.2) is 28.8 Å². The molecule has 2 amide bonds. The van der Waals surface area contributed by atoms with E-state index >= 15 is 0 Å². The largest absolute Gasteiger partial charge is 0.341 e. The Morgan fingerprint density at radius 1 is 1.32 bits per heavy atom. The third kappa shape index (κ3) is 3.01. The Labute approximate surface area is 131 Å². The normalized spacial score (nSPS) is 10.3. The zero-order chi connectivity index (χ0) is 16.4. The van der Waals surface area contributed by atoms with Gasteiger partial charge in [0.25, 0.3) is 0 Å². The number of halogens is 1. The topological polar surface area (TPSA) is 86.9 Å². The van der Waals surface area contributed by atoms with E-state index in [9.17, 15) is 9.59 Å². The van der Waals surface area contributed by atoms with Crippen molar-refractivity contribution in [3.63, 3.8) is 0 Å². The Morgan fingerprint density at radius 3 is 2.50 bits per heavy atom. The molecule has 7 heteroatoms. The van der Waals surface area contributed by atoms with Gasteiger partial charge in [-0.1, -0.05) is 24.8 Å². The minimum Gasteiger partial charge on any atom is -0.341 e. The number of aromatic nitrogens is 2. The molecule has 1 aromatic carbocycles. The standard InChI is InChI=1S/C15H15ClN4O2/c1-7-13(19-9(3)18-7)11-5-10(8(2)21)6-12(16)14(11)20-15(22)17-4/h5-6,18H,1,3H2,2,4H3,(H2,17,20,22). The second-order valence-electron chi connectivity index (χ2n) is 4.65. The van der Waals surface area contributed by atoms with Gasteiger partial charge in [0.15, 0.2) is 5.78 Å². The molecular formula is C15H15ClN4O2. The van der Waals surface area contributed by atoms with Crippen LogP contribution < -0.4 is 21.5 Å². The third-order valence-electron chi connectivity index (χ3n) is 3.05. The second kappa shape index (κ2) is 6.03. The van der Waals surface area contributed by atoms with Gasteiger partial charge in [-0.2, -0.15) is 0 Å². The van der Waals surface area contributed by atoms with E-state index in [1.807, 2.05) is 0 Å². The number of amides is 2. The lowest BCUT2D eigenvalue weighted by Gasteiger charge is -2.13. The summed E-state index contributed by atoms with van der Waals surface area (Å²) >= 11 is 6.22. The predicted octanol–water partition coefficient (Wildman–Crippen LogP) is 1.50. The Kier molecular flexibility index (Phi) is 4.32. The quantitative estimate of drug-likeness (QED) is 0.750. The van der Waals surface area contributed by atoms with Crippen molar-refractivity contribution < 1.29 is 9.59 Å². The summed E-state index contributed by atoms with van der Waals surface area (Å²) in [5.74, 6) is -0.148. The number of urea groups is 1. The van der Waals surface area contributed by atoms with Gasteiger partial charge in [0.1, 0.15) is 5.48 Å². The Hall–Kier alpha value is -2.60. The van der Waals surface area contributed by atoms with Crippen LogP contribution in [0.15, 0.2) is 12.1 Å². The number of hydrogen-bond donors (Lipinski definition) is 3. The Balaban J connectivity index is 2.74. The van der Waals surface area contributed by atoms with Crippen LogP contribution in [0.3, 0.4) is 0 Å². The first-order valence-corrected chi connectivity index (χ1v) is 6.78. The van der Waals surface area contributed by atoms with E-state index < -0.39 is 6.03 Å². The zero-order valence-corrected chi connectivity index (χ0v) is 13.0. The maximum Gasteiger partial charge on any atom is 0.319 e. The fourth-order valence-electron chi connectivity index (χ4n) is 1.99. The van der Waals surface area contributed by atoms with Crippen LogP contribution in [0.5, 0.6) is 0 Å². The van der Waals surface area contributed by atoms with Crippen LogP contribution in [0.25, 0.3) is 24.4 Å². The lowest BCUT2D eigenvalue weighted by atomic mass is 10.0. The number of imidazole rings is 1. The van der Waals surface area contributed by atoms with Crippen LogP contribution in [-0.2, 0) is 0 Å². The van der Waals surface area contributed by atoms with E-state index in [-0.39, 0.29) is 10.8 Å². The number of anilines is 1.